The summed E-state index contributed by atoms with van der Waals surface area (Å²) in [6.07, 6.45) is 14.6. The van der Waals surface area contributed by atoms with E-state index in [1.807, 2.05) is 29.2 Å². The van der Waals surface area contributed by atoms with Crippen molar-refractivity contribution in [3.8, 4) is 0 Å². The number of aromatic nitrogens is 1. The van der Waals surface area contributed by atoms with Gasteiger partial charge in [0.2, 0.25) is 5.91 Å². The van der Waals surface area contributed by atoms with Crippen LogP contribution in [0, 0.1) is 5.92 Å². The SMILES string of the molecule is O=C(CN1C2=C(CCCC2=O)N2C=CC=CC(Cc3ccccc3)C21)Nc1ccncc1. The van der Waals surface area contributed by atoms with Crippen molar-refractivity contribution >= 4 is 17.4 Å². The van der Waals surface area contributed by atoms with Crippen molar-refractivity contribution in [2.75, 3.05) is 11.9 Å². The Morgan fingerprint density at radius 1 is 1.06 bits per heavy atom. The molecule has 2 atom stereocenters. The van der Waals surface area contributed by atoms with Crippen molar-refractivity contribution < 1.29 is 9.59 Å². The van der Waals surface area contributed by atoms with Gasteiger partial charge >= 0.3 is 0 Å². The van der Waals surface area contributed by atoms with Gasteiger partial charge in [-0.3, -0.25) is 14.6 Å². The summed E-state index contributed by atoms with van der Waals surface area (Å²) in [7, 11) is 0. The van der Waals surface area contributed by atoms with E-state index in [2.05, 4.69) is 45.7 Å². The van der Waals surface area contributed by atoms with Crippen LogP contribution in [0.25, 0.3) is 0 Å². The van der Waals surface area contributed by atoms with Crippen molar-refractivity contribution in [3.05, 3.63) is 96.2 Å². The molecule has 0 radical (unpaired) electrons. The van der Waals surface area contributed by atoms with Gasteiger partial charge in [0.1, 0.15) is 11.9 Å². The number of amides is 1. The van der Waals surface area contributed by atoms with Gasteiger partial charge in [-0.05, 0) is 43.0 Å². The number of nitrogens with one attached hydrogen (secondary N) is 1. The van der Waals surface area contributed by atoms with Crippen LogP contribution in [0.1, 0.15) is 24.8 Å². The van der Waals surface area contributed by atoms with Gasteiger partial charge in [0.25, 0.3) is 0 Å². The first-order valence-electron chi connectivity index (χ1n) is 11.1. The molecule has 1 aromatic heterocycles. The van der Waals surface area contributed by atoms with E-state index < -0.39 is 0 Å². The topological polar surface area (TPSA) is 65.5 Å². The van der Waals surface area contributed by atoms with Crippen molar-refractivity contribution in [1.82, 2.24) is 14.8 Å². The highest BCUT2D eigenvalue weighted by atomic mass is 16.2. The number of hydrogen-bond donors (Lipinski definition) is 1. The number of hydrogen-bond acceptors (Lipinski definition) is 5. The van der Waals surface area contributed by atoms with Crippen LogP contribution >= 0.6 is 0 Å². The highest BCUT2D eigenvalue weighted by molar-refractivity contribution is 5.99. The zero-order chi connectivity index (χ0) is 21.9. The summed E-state index contributed by atoms with van der Waals surface area (Å²) in [5.41, 5.74) is 3.69. The summed E-state index contributed by atoms with van der Waals surface area (Å²) < 4.78 is 0. The third-order valence-corrected chi connectivity index (χ3v) is 6.25. The highest BCUT2D eigenvalue weighted by Gasteiger charge is 2.45. The van der Waals surface area contributed by atoms with Gasteiger partial charge in [0.15, 0.2) is 5.78 Å². The lowest BCUT2D eigenvalue weighted by Gasteiger charge is -2.36. The Kier molecular flexibility index (Phi) is 5.58. The second kappa shape index (κ2) is 8.83. The Labute approximate surface area is 187 Å². The molecule has 2 unspecified atom stereocenters. The molecule has 1 amide bonds. The fraction of sp³-hybridized carbons (Fsp3) is 0.269. The van der Waals surface area contributed by atoms with Crippen molar-refractivity contribution in [2.24, 2.45) is 5.92 Å². The molecule has 1 aromatic carbocycles. The molecule has 6 heteroatoms. The molecule has 0 saturated carbocycles. The zero-order valence-corrected chi connectivity index (χ0v) is 17.9. The maximum Gasteiger partial charge on any atom is 0.243 e. The second-order valence-electron chi connectivity index (χ2n) is 8.38. The van der Waals surface area contributed by atoms with Crippen LogP contribution in [0.5, 0.6) is 0 Å². The van der Waals surface area contributed by atoms with Gasteiger partial charge in [0.05, 0.1) is 6.54 Å². The molecule has 1 N–H and O–H groups in total. The normalized spacial score (nSPS) is 21.9. The first-order chi connectivity index (χ1) is 15.7. The number of allylic oxidation sites excluding steroid dienone is 4. The van der Waals surface area contributed by atoms with Gasteiger partial charge in [-0.15, -0.1) is 0 Å². The molecule has 1 aliphatic carbocycles. The summed E-state index contributed by atoms with van der Waals surface area (Å²) in [5, 5.41) is 2.95. The molecule has 0 bridgehead atoms. The first-order valence-corrected chi connectivity index (χ1v) is 11.1. The largest absolute Gasteiger partial charge is 0.337 e. The Balaban J connectivity index is 1.47. The average molecular weight is 427 g/mol. The predicted octanol–water partition coefficient (Wildman–Crippen LogP) is 3.87. The summed E-state index contributed by atoms with van der Waals surface area (Å²) in [6.45, 7) is 0.126. The van der Waals surface area contributed by atoms with Crippen LogP contribution in [0.3, 0.4) is 0 Å². The maximum atomic E-state index is 13.0. The lowest BCUT2D eigenvalue weighted by Crippen LogP contribution is -2.47. The maximum absolute atomic E-state index is 13.0. The predicted molar refractivity (Wildman–Crippen MR) is 123 cm³/mol. The van der Waals surface area contributed by atoms with E-state index in [1.54, 1.807) is 24.5 Å². The van der Waals surface area contributed by atoms with Crippen LogP contribution in [0.2, 0.25) is 0 Å². The van der Waals surface area contributed by atoms with E-state index in [4.69, 9.17) is 0 Å². The monoisotopic (exact) mass is 426 g/mol. The number of ketones is 1. The fourth-order valence-electron chi connectivity index (χ4n) is 4.92. The van der Waals surface area contributed by atoms with Crippen LogP contribution in [-0.4, -0.2) is 39.2 Å². The van der Waals surface area contributed by atoms with Crippen LogP contribution in [0.15, 0.2) is 90.7 Å². The van der Waals surface area contributed by atoms with Gasteiger partial charge in [-0.1, -0.05) is 42.5 Å². The first kappa shape index (κ1) is 20.2. The van der Waals surface area contributed by atoms with E-state index in [9.17, 15) is 9.59 Å². The quantitative estimate of drug-likeness (QED) is 0.786. The number of benzene rings is 1. The third kappa shape index (κ3) is 3.96. The molecular formula is C26H26N4O2. The summed E-state index contributed by atoms with van der Waals surface area (Å²) >= 11 is 0. The third-order valence-electron chi connectivity index (χ3n) is 6.25. The molecule has 3 heterocycles. The van der Waals surface area contributed by atoms with Gasteiger partial charge < -0.3 is 15.1 Å². The van der Waals surface area contributed by atoms with Gasteiger partial charge in [0, 0.05) is 42.3 Å². The fourth-order valence-corrected chi connectivity index (χ4v) is 4.92. The Bertz CT molecular complexity index is 1090. The van der Waals surface area contributed by atoms with Gasteiger partial charge in [-0.25, -0.2) is 0 Å². The molecule has 2 aromatic rings. The molecular weight excluding hydrogens is 400 g/mol. The zero-order valence-electron chi connectivity index (χ0n) is 17.9. The lowest BCUT2D eigenvalue weighted by molar-refractivity contribution is -0.120. The molecule has 5 rings (SSSR count). The standard InChI is InChI=1S/C26H26N4O2/c31-23-11-6-10-22-25(23)30(18-24(32)28-21-12-14-27-15-13-21)26-20(9-4-5-16-29(22)26)17-19-7-2-1-3-8-19/h1-5,7-9,12-16,20,26H,6,10-11,17-18H2,(H,27,28,32). The van der Waals surface area contributed by atoms with Crippen molar-refractivity contribution in [1.29, 1.82) is 0 Å². The molecule has 6 nitrogen and oxygen atoms in total. The average Bonchev–Trinajstić information content (AvgIpc) is 2.96. The number of Topliss-reactive ketones (excluding diaryl/α,β-unsaturated/α-hetero) is 1. The summed E-state index contributed by atoms with van der Waals surface area (Å²) in [5.74, 6) is 0.116. The van der Waals surface area contributed by atoms with Crippen molar-refractivity contribution in [2.45, 2.75) is 31.8 Å². The lowest BCUT2D eigenvalue weighted by atomic mass is 9.95. The molecule has 0 spiro atoms. The molecule has 0 saturated heterocycles. The van der Waals surface area contributed by atoms with Crippen LogP contribution in [0.4, 0.5) is 5.69 Å². The van der Waals surface area contributed by atoms with E-state index >= 15 is 0 Å². The van der Waals surface area contributed by atoms with Gasteiger partial charge in [-0.2, -0.15) is 0 Å². The Morgan fingerprint density at radius 3 is 2.69 bits per heavy atom. The minimum absolute atomic E-state index is 0.111. The number of carbonyl (C=O) groups is 2. The minimum atomic E-state index is -0.140. The van der Waals surface area contributed by atoms with Crippen molar-refractivity contribution in [3.63, 3.8) is 0 Å². The molecule has 0 fully saturated rings. The van der Waals surface area contributed by atoms with Crippen LogP contribution in [-0.2, 0) is 16.0 Å². The summed E-state index contributed by atoms with van der Waals surface area (Å²) in [6, 6.07) is 13.9. The minimum Gasteiger partial charge on any atom is -0.337 e. The smallest absolute Gasteiger partial charge is 0.243 e. The Hall–Kier alpha value is -3.67. The number of nitrogens with zero attached hydrogens (tertiary/aromatic N) is 3. The molecule has 32 heavy (non-hydrogen) atoms. The second-order valence-corrected chi connectivity index (χ2v) is 8.38. The van der Waals surface area contributed by atoms with E-state index in [0.29, 0.717) is 17.8 Å². The van der Waals surface area contributed by atoms with E-state index in [-0.39, 0.29) is 30.3 Å². The van der Waals surface area contributed by atoms with Crippen LogP contribution < -0.4 is 5.32 Å². The number of pyridine rings is 1. The number of anilines is 1. The molecule has 162 valence electrons. The molecule has 2 aliphatic heterocycles. The summed E-state index contributed by atoms with van der Waals surface area (Å²) in [4.78, 5) is 34.3. The van der Waals surface area contributed by atoms with E-state index in [1.165, 1.54) is 5.56 Å². The number of carbonyl (C=O) groups excluding carboxylic acids is 2. The molecule has 3 aliphatic rings. The van der Waals surface area contributed by atoms with E-state index in [0.717, 1.165) is 25.0 Å². The number of fused-ring (bicyclic) bond motifs is 2. The Morgan fingerprint density at radius 2 is 1.88 bits per heavy atom. The highest BCUT2D eigenvalue weighted by Crippen LogP contribution is 2.41. The number of rotatable bonds is 5.